The number of aromatic amines is 1. The van der Waals surface area contributed by atoms with Crippen molar-refractivity contribution in [1.82, 2.24) is 15.1 Å². The molecule has 0 bridgehead atoms. The fourth-order valence-electron chi connectivity index (χ4n) is 2.79. The smallest absolute Gasteiger partial charge is 0.257 e. The minimum absolute atomic E-state index is 0. The number of carbonyl (C=O) groups excluding carboxylic acids is 1. The van der Waals surface area contributed by atoms with Crippen LogP contribution in [0.1, 0.15) is 23.2 Å². The molecule has 2 aromatic rings. The first-order valence-corrected chi connectivity index (χ1v) is 7.41. The minimum atomic E-state index is -0.0188. The van der Waals surface area contributed by atoms with Crippen LogP contribution >= 0.6 is 12.4 Å². The molecule has 7 heteroatoms. The van der Waals surface area contributed by atoms with Crippen LogP contribution in [0.15, 0.2) is 30.5 Å². The van der Waals surface area contributed by atoms with E-state index < -0.39 is 0 Å². The van der Waals surface area contributed by atoms with E-state index in [0.717, 1.165) is 36.4 Å². The summed E-state index contributed by atoms with van der Waals surface area (Å²) in [5.74, 6) is 0.757. The number of halogens is 1. The Morgan fingerprint density at radius 2 is 2.13 bits per heavy atom. The lowest BCUT2D eigenvalue weighted by Crippen LogP contribution is -2.45. The molecule has 23 heavy (non-hydrogen) atoms. The van der Waals surface area contributed by atoms with Crippen molar-refractivity contribution in [3.63, 3.8) is 0 Å². The molecule has 2 heterocycles. The predicted octanol–water partition coefficient (Wildman–Crippen LogP) is 2.07. The van der Waals surface area contributed by atoms with E-state index in [-0.39, 0.29) is 24.4 Å². The van der Waals surface area contributed by atoms with Crippen LogP contribution in [0.25, 0.3) is 11.3 Å². The zero-order valence-electron chi connectivity index (χ0n) is 13.0. The Morgan fingerprint density at radius 3 is 2.78 bits per heavy atom. The third kappa shape index (κ3) is 3.65. The molecule has 1 aromatic heterocycles. The molecule has 0 aliphatic carbocycles. The molecule has 1 saturated heterocycles. The largest absolute Gasteiger partial charge is 0.497 e. The number of aromatic nitrogens is 2. The molecule has 1 fully saturated rings. The molecule has 1 aromatic carbocycles. The van der Waals surface area contributed by atoms with Crippen molar-refractivity contribution in [3.05, 3.63) is 36.0 Å². The standard InChI is InChI=1S/C16H20N4O2.ClH/c1-22-13-6-4-11(5-7-13)15-14(9-18-19-15)16(21)20-8-2-3-12(17)10-20;/h4-7,9,12H,2-3,8,10,17H2,1H3,(H,18,19);1H. The molecule has 1 aliphatic rings. The molecule has 3 N–H and O–H groups in total. The van der Waals surface area contributed by atoms with Crippen LogP contribution in [-0.4, -0.2) is 47.2 Å². The average molecular weight is 337 g/mol. The highest BCUT2D eigenvalue weighted by atomic mass is 35.5. The van der Waals surface area contributed by atoms with Crippen molar-refractivity contribution < 1.29 is 9.53 Å². The number of ether oxygens (including phenoxy) is 1. The molecule has 0 spiro atoms. The van der Waals surface area contributed by atoms with Crippen molar-refractivity contribution in [2.75, 3.05) is 20.2 Å². The highest BCUT2D eigenvalue weighted by molar-refractivity contribution is 5.99. The molecule has 1 unspecified atom stereocenters. The van der Waals surface area contributed by atoms with Crippen LogP contribution in [-0.2, 0) is 0 Å². The number of nitrogens with two attached hydrogens (primary N) is 1. The van der Waals surface area contributed by atoms with E-state index in [9.17, 15) is 4.79 Å². The van der Waals surface area contributed by atoms with Gasteiger partial charge in [0.1, 0.15) is 5.75 Å². The summed E-state index contributed by atoms with van der Waals surface area (Å²) in [6, 6.07) is 7.60. The molecule has 0 saturated carbocycles. The number of hydrogen-bond acceptors (Lipinski definition) is 4. The van der Waals surface area contributed by atoms with E-state index in [4.69, 9.17) is 10.5 Å². The Bertz CT molecular complexity index is 656. The van der Waals surface area contributed by atoms with Crippen LogP contribution < -0.4 is 10.5 Å². The zero-order chi connectivity index (χ0) is 15.5. The number of nitrogens with one attached hydrogen (secondary N) is 1. The normalized spacial score (nSPS) is 17.5. The second-order valence-corrected chi connectivity index (χ2v) is 5.54. The summed E-state index contributed by atoms with van der Waals surface area (Å²) in [5.41, 5.74) is 8.18. The van der Waals surface area contributed by atoms with Crippen molar-refractivity contribution >= 4 is 18.3 Å². The number of methoxy groups -OCH3 is 1. The summed E-state index contributed by atoms with van der Waals surface area (Å²) in [5, 5.41) is 6.96. The Labute approximate surface area is 141 Å². The van der Waals surface area contributed by atoms with Gasteiger partial charge >= 0.3 is 0 Å². The summed E-state index contributed by atoms with van der Waals surface area (Å²) in [6.45, 7) is 1.35. The van der Waals surface area contributed by atoms with Gasteiger partial charge in [0.25, 0.3) is 5.91 Å². The molecular weight excluding hydrogens is 316 g/mol. The van der Waals surface area contributed by atoms with Gasteiger partial charge in [0.15, 0.2) is 0 Å². The number of carbonyl (C=O) groups is 1. The average Bonchev–Trinajstić information content (AvgIpc) is 3.04. The molecule has 0 radical (unpaired) electrons. The van der Waals surface area contributed by atoms with Crippen molar-refractivity contribution in [2.45, 2.75) is 18.9 Å². The number of nitrogens with zero attached hydrogens (tertiary/aromatic N) is 2. The number of benzene rings is 1. The number of hydrogen-bond donors (Lipinski definition) is 2. The second kappa shape index (κ2) is 7.48. The van der Waals surface area contributed by atoms with E-state index in [1.807, 2.05) is 29.2 Å². The maximum atomic E-state index is 12.7. The first kappa shape index (κ1) is 17.3. The van der Waals surface area contributed by atoms with Crippen molar-refractivity contribution in [2.24, 2.45) is 5.73 Å². The third-order valence-corrected chi connectivity index (χ3v) is 3.99. The summed E-state index contributed by atoms with van der Waals surface area (Å²) in [7, 11) is 1.62. The van der Waals surface area contributed by atoms with Gasteiger partial charge in [-0.2, -0.15) is 5.10 Å². The van der Waals surface area contributed by atoms with Gasteiger partial charge in [0, 0.05) is 24.7 Å². The SMILES string of the molecule is COc1ccc(-c2[nH]ncc2C(=O)N2CCCC(N)C2)cc1.Cl. The molecule has 1 aliphatic heterocycles. The van der Waals surface area contributed by atoms with E-state index in [1.165, 1.54) is 0 Å². The Hall–Kier alpha value is -2.05. The number of likely N-dealkylation sites (tertiary alicyclic amines) is 1. The highest BCUT2D eigenvalue weighted by Crippen LogP contribution is 2.25. The number of amides is 1. The quantitative estimate of drug-likeness (QED) is 0.898. The molecule has 1 atom stereocenters. The Kier molecular flexibility index (Phi) is 5.63. The van der Waals surface area contributed by atoms with Gasteiger partial charge in [-0.3, -0.25) is 9.89 Å². The summed E-state index contributed by atoms with van der Waals surface area (Å²) in [4.78, 5) is 14.5. The number of H-pyrrole nitrogens is 1. The fourth-order valence-corrected chi connectivity index (χ4v) is 2.79. The topological polar surface area (TPSA) is 84.2 Å². The van der Waals surface area contributed by atoms with E-state index in [2.05, 4.69) is 10.2 Å². The van der Waals surface area contributed by atoms with E-state index >= 15 is 0 Å². The minimum Gasteiger partial charge on any atom is -0.497 e. The Balaban J connectivity index is 0.00000192. The Morgan fingerprint density at radius 1 is 1.39 bits per heavy atom. The lowest BCUT2D eigenvalue weighted by Gasteiger charge is -2.30. The first-order valence-electron chi connectivity index (χ1n) is 7.41. The summed E-state index contributed by atoms with van der Waals surface area (Å²) >= 11 is 0. The van der Waals surface area contributed by atoms with Gasteiger partial charge in [0.05, 0.1) is 24.6 Å². The van der Waals surface area contributed by atoms with Crippen LogP contribution in [0.5, 0.6) is 5.75 Å². The van der Waals surface area contributed by atoms with Crippen LogP contribution in [0.3, 0.4) is 0 Å². The second-order valence-electron chi connectivity index (χ2n) is 5.54. The van der Waals surface area contributed by atoms with Gasteiger partial charge in [0.2, 0.25) is 0 Å². The van der Waals surface area contributed by atoms with E-state index in [1.54, 1.807) is 13.3 Å². The molecule has 124 valence electrons. The van der Waals surface area contributed by atoms with Gasteiger partial charge in [-0.1, -0.05) is 0 Å². The lowest BCUT2D eigenvalue weighted by molar-refractivity contribution is 0.0709. The van der Waals surface area contributed by atoms with Gasteiger partial charge in [-0.05, 0) is 37.1 Å². The van der Waals surface area contributed by atoms with Crippen molar-refractivity contribution in [1.29, 1.82) is 0 Å². The molecular formula is C16H21ClN4O2. The number of rotatable bonds is 3. The monoisotopic (exact) mass is 336 g/mol. The van der Waals surface area contributed by atoms with Gasteiger partial charge < -0.3 is 15.4 Å². The molecule has 6 nitrogen and oxygen atoms in total. The number of piperidine rings is 1. The van der Waals surface area contributed by atoms with Crippen LogP contribution in [0.2, 0.25) is 0 Å². The van der Waals surface area contributed by atoms with Gasteiger partial charge in [-0.15, -0.1) is 12.4 Å². The molecule has 1 amide bonds. The maximum absolute atomic E-state index is 12.7. The lowest BCUT2D eigenvalue weighted by atomic mass is 10.0. The fraction of sp³-hybridized carbons (Fsp3) is 0.375. The first-order chi connectivity index (χ1) is 10.7. The van der Waals surface area contributed by atoms with Crippen LogP contribution in [0, 0.1) is 0 Å². The van der Waals surface area contributed by atoms with E-state index in [0.29, 0.717) is 12.1 Å². The highest BCUT2D eigenvalue weighted by Gasteiger charge is 2.25. The van der Waals surface area contributed by atoms with Crippen molar-refractivity contribution in [3.8, 4) is 17.0 Å². The van der Waals surface area contributed by atoms with Gasteiger partial charge in [-0.25, -0.2) is 0 Å². The maximum Gasteiger partial charge on any atom is 0.257 e. The summed E-state index contributed by atoms with van der Waals surface area (Å²) < 4.78 is 5.16. The zero-order valence-corrected chi connectivity index (χ0v) is 13.8. The predicted molar refractivity (Wildman–Crippen MR) is 90.9 cm³/mol. The van der Waals surface area contributed by atoms with Crippen LogP contribution in [0.4, 0.5) is 0 Å². The molecule has 3 rings (SSSR count). The third-order valence-electron chi connectivity index (χ3n) is 3.99. The summed E-state index contributed by atoms with van der Waals surface area (Å²) in [6.07, 6.45) is 3.51.